The zero-order valence-electron chi connectivity index (χ0n) is 17.8. The number of nitriles is 1. The Balaban J connectivity index is 1.93. The third-order valence-corrected chi connectivity index (χ3v) is 6.06. The van der Waals surface area contributed by atoms with Crippen molar-refractivity contribution < 1.29 is 9.59 Å². The highest BCUT2D eigenvalue weighted by atomic mass is 16.2. The van der Waals surface area contributed by atoms with E-state index in [-0.39, 0.29) is 11.8 Å². The number of carbonyl (C=O) groups is 2. The van der Waals surface area contributed by atoms with E-state index in [4.69, 9.17) is 5.73 Å². The van der Waals surface area contributed by atoms with Crippen LogP contribution in [-0.4, -0.2) is 23.9 Å². The van der Waals surface area contributed by atoms with Gasteiger partial charge in [-0.25, -0.2) is 0 Å². The molecule has 0 aliphatic carbocycles. The summed E-state index contributed by atoms with van der Waals surface area (Å²) in [6.45, 7) is 5.55. The maximum Gasteiger partial charge on any atom is 0.246 e. The molecule has 1 heterocycles. The van der Waals surface area contributed by atoms with E-state index in [1.165, 1.54) is 11.8 Å². The number of nitrogens with zero attached hydrogens (tertiary/aromatic N) is 3. The van der Waals surface area contributed by atoms with Gasteiger partial charge in [-0.1, -0.05) is 36.4 Å². The van der Waals surface area contributed by atoms with Crippen LogP contribution in [0.2, 0.25) is 0 Å². The van der Waals surface area contributed by atoms with Crippen molar-refractivity contribution in [2.75, 3.05) is 9.80 Å². The molecule has 0 saturated heterocycles. The first-order valence-corrected chi connectivity index (χ1v) is 10.2. The van der Waals surface area contributed by atoms with Crippen LogP contribution in [0.3, 0.4) is 0 Å². The van der Waals surface area contributed by atoms with Gasteiger partial charge in [0, 0.05) is 6.92 Å². The second kappa shape index (κ2) is 7.86. The molecule has 31 heavy (non-hydrogen) atoms. The number of aryl methyl sites for hydroxylation is 1. The van der Waals surface area contributed by atoms with Gasteiger partial charge in [-0.2, -0.15) is 5.26 Å². The number of amides is 2. The smallest absolute Gasteiger partial charge is 0.246 e. The summed E-state index contributed by atoms with van der Waals surface area (Å²) in [5, 5.41) is 11.6. The van der Waals surface area contributed by atoms with Crippen molar-refractivity contribution in [1.29, 1.82) is 5.26 Å². The second-order valence-corrected chi connectivity index (χ2v) is 7.98. The van der Waals surface area contributed by atoms with Crippen LogP contribution in [0.1, 0.15) is 30.5 Å². The Morgan fingerprint density at radius 1 is 1.13 bits per heavy atom. The number of benzene rings is 3. The highest BCUT2D eigenvalue weighted by molar-refractivity contribution is 6.07. The third-order valence-electron chi connectivity index (χ3n) is 6.06. The van der Waals surface area contributed by atoms with Gasteiger partial charge in [0.05, 0.1) is 35.6 Å². The predicted molar refractivity (Wildman–Crippen MR) is 122 cm³/mol. The zero-order chi connectivity index (χ0) is 22.3. The molecule has 6 heteroatoms. The Hall–Kier alpha value is -3.69. The van der Waals surface area contributed by atoms with E-state index in [9.17, 15) is 14.9 Å². The molecule has 2 N–H and O–H groups in total. The Kier molecular flexibility index (Phi) is 5.22. The molecular weight excluding hydrogens is 388 g/mol. The molecule has 0 saturated carbocycles. The lowest BCUT2D eigenvalue weighted by Crippen LogP contribution is -2.53. The monoisotopic (exact) mass is 412 g/mol. The first-order chi connectivity index (χ1) is 14.8. The molecule has 0 spiro atoms. The van der Waals surface area contributed by atoms with Gasteiger partial charge in [-0.05, 0) is 53.9 Å². The summed E-state index contributed by atoms with van der Waals surface area (Å²) in [5.41, 5.74) is 9.96. The SMILES string of the molecule is CC(=O)N1c2cc(C#N)ccc2N(Cc2c(C)ccc3ccccc23)C(=O)[C@@H](N)[C@@H]1C. The van der Waals surface area contributed by atoms with Crippen LogP contribution >= 0.6 is 0 Å². The summed E-state index contributed by atoms with van der Waals surface area (Å²) >= 11 is 0. The minimum Gasteiger partial charge on any atom is -0.318 e. The fraction of sp³-hybridized carbons (Fsp3) is 0.240. The summed E-state index contributed by atoms with van der Waals surface area (Å²) in [4.78, 5) is 29.2. The average molecular weight is 412 g/mol. The molecule has 156 valence electrons. The summed E-state index contributed by atoms with van der Waals surface area (Å²) in [5.74, 6) is -0.482. The topological polar surface area (TPSA) is 90.4 Å². The van der Waals surface area contributed by atoms with E-state index < -0.39 is 12.1 Å². The van der Waals surface area contributed by atoms with Crippen LogP contribution < -0.4 is 15.5 Å². The summed E-state index contributed by atoms with van der Waals surface area (Å²) < 4.78 is 0. The number of carbonyl (C=O) groups excluding carboxylic acids is 2. The number of hydrogen-bond acceptors (Lipinski definition) is 4. The third kappa shape index (κ3) is 3.43. The van der Waals surface area contributed by atoms with Crippen molar-refractivity contribution in [3.63, 3.8) is 0 Å². The van der Waals surface area contributed by atoms with Crippen LogP contribution in [-0.2, 0) is 16.1 Å². The minimum atomic E-state index is -0.892. The number of rotatable bonds is 2. The molecule has 3 aromatic carbocycles. The molecule has 2 atom stereocenters. The summed E-state index contributed by atoms with van der Waals surface area (Å²) in [6, 6.07) is 17.9. The van der Waals surface area contributed by atoms with Gasteiger partial charge >= 0.3 is 0 Å². The Morgan fingerprint density at radius 2 is 1.87 bits per heavy atom. The summed E-state index contributed by atoms with van der Waals surface area (Å²) in [7, 11) is 0. The highest BCUT2D eigenvalue weighted by Crippen LogP contribution is 2.37. The molecule has 4 rings (SSSR count). The van der Waals surface area contributed by atoms with E-state index in [1.807, 2.05) is 37.3 Å². The van der Waals surface area contributed by atoms with Gasteiger partial charge in [0.2, 0.25) is 11.8 Å². The van der Waals surface area contributed by atoms with Crippen molar-refractivity contribution in [2.24, 2.45) is 5.73 Å². The van der Waals surface area contributed by atoms with E-state index in [1.54, 1.807) is 30.0 Å². The lowest BCUT2D eigenvalue weighted by Gasteiger charge is -2.29. The van der Waals surface area contributed by atoms with Crippen molar-refractivity contribution in [3.05, 3.63) is 71.3 Å². The van der Waals surface area contributed by atoms with Gasteiger partial charge < -0.3 is 15.5 Å². The molecular formula is C25H24N4O2. The maximum absolute atomic E-state index is 13.5. The molecule has 1 aliphatic heterocycles. The zero-order valence-corrected chi connectivity index (χ0v) is 17.8. The van der Waals surface area contributed by atoms with Gasteiger partial charge in [-0.15, -0.1) is 0 Å². The molecule has 0 bridgehead atoms. The second-order valence-electron chi connectivity index (χ2n) is 7.98. The van der Waals surface area contributed by atoms with Crippen LogP contribution in [0.4, 0.5) is 11.4 Å². The average Bonchev–Trinajstić information content (AvgIpc) is 2.84. The number of hydrogen-bond donors (Lipinski definition) is 1. The number of nitrogens with two attached hydrogens (primary N) is 1. The standard InChI is InChI=1S/C25H24N4O2/c1-15-8-10-19-6-4-5-7-20(19)21(15)14-28-22-11-9-18(13-26)12-23(22)29(17(3)30)16(2)24(27)25(28)31/h4-12,16,24H,14,27H2,1-3H3/t16-,24-/m0/s1. The van der Waals surface area contributed by atoms with E-state index >= 15 is 0 Å². The minimum absolute atomic E-state index is 0.227. The van der Waals surface area contributed by atoms with Gasteiger partial charge in [0.25, 0.3) is 0 Å². The lowest BCUT2D eigenvalue weighted by molar-refractivity contribution is -0.120. The normalized spacial score (nSPS) is 18.5. The number of anilines is 2. The molecule has 3 aromatic rings. The fourth-order valence-corrected chi connectivity index (χ4v) is 4.33. The Labute approximate surface area is 181 Å². The highest BCUT2D eigenvalue weighted by Gasteiger charge is 2.38. The first-order valence-electron chi connectivity index (χ1n) is 10.2. The molecule has 6 nitrogen and oxygen atoms in total. The van der Waals surface area contributed by atoms with Gasteiger partial charge in [-0.3, -0.25) is 9.59 Å². The Morgan fingerprint density at radius 3 is 2.58 bits per heavy atom. The summed E-state index contributed by atoms with van der Waals surface area (Å²) in [6.07, 6.45) is 0. The predicted octanol–water partition coefficient (Wildman–Crippen LogP) is 3.64. The van der Waals surface area contributed by atoms with Crippen molar-refractivity contribution in [2.45, 2.75) is 39.4 Å². The van der Waals surface area contributed by atoms with Crippen LogP contribution in [0.25, 0.3) is 10.8 Å². The van der Waals surface area contributed by atoms with Crippen LogP contribution in [0.5, 0.6) is 0 Å². The van der Waals surface area contributed by atoms with Crippen molar-refractivity contribution in [1.82, 2.24) is 0 Å². The number of fused-ring (bicyclic) bond motifs is 2. The van der Waals surface area contributed by atoms with Crippen LogP contribution in [0, 0.1) is 18.3 Å². The fourth-order valence-electron chi connectivity index (χ4n) is 4.33. The molecule has 2 amide bonds. The van der Waals surface area contributed by atoms with Gasteiger partial charge in [0.1, 0.15) is 6.04 Å². The lowest BCUT2D eigenvalue weighted by atomic mass is 9.98. The van der Waals surface area contributed by atoms with E-state index in [0.717, 1.165) is 21.9 Å². The first kappa shape index (κ1) is 20.6. The molecule has 0 unspecified atom stereocenters. The van der Waals surface area contributed by atoms with E-state index in [2.05, 4.69) is 12.1 Å². The maximum atomic E-state index is 13.5. The van der Waals surface area contributed by atoms with Crippen LogP contribution in [0.15, 0.2) is 54.6 Å². The van der Waals surface area contributed by atoms with E-state index in [0.29, 0.717) is 23.5 Å². The van der Waals surface area contributed by atoms with Crippen molar-refractivity contribution >= 4 is 34.0 Å². The largest absolute Gasteiger partial charge is 0.318 e. The molecule has 1 aliphatic rings. The van der Waals surface area contributed by atoms with Crippen molar-refractivity contribution in [3.8, 4) is 6.07 Å². The molecule has 0 aromatic heterocycles. The Bertz CT molecular complexity index is 1240. The molecule has 0 radical (unpaired) electrons. The molecule has 0 fully saturated rings. The quantitative estimate of drug-likeness (QED) is 0.696. The van der Waals surface area contributed by atoms with Gasteiger partial charge in [0.15, 0.2) is 0 Å².